The Balaban J connectivity index is 0.000000160. The number of hydrogen-bond donors (Lipinski definition) is 0. The number of rotatable bonds is 0. The molecule has 0 unspecified atom stereocenters. The van der Waals surface area contributed by atoms with Crippen LogP contribution in [0.2, 0.25) is 0 Å². The van der Waals surface area contributed by atoms with Gasteiger partial charge in [-0.25, -0.2) is 0 Å². The number of hydrogen-bond acceptors (Lipinski definition) is 0. The van der Waals surface area contributed by atoms with Crippen LogP contribution in [0.3, 0.4) is 0 Å². The fraction of sp³-hybridized carbons (Fsp3) is 1.00. The first-order valence-electron chi connectivity index (χ1n) is 2.00. The maximum Gasteiger partial charge on any atom is 0 e. The Labute approximate surface area is 52.1 Å². The Morgan fingerprint density at radius 3 is 0.800 bits per heavy atom. The minimum atomic E-state index is 0. The van der Waals surface area contributed by atoms with Crippen molar-refractivity contribution >= 4 is 0 Å². The van der Waals surface area contributed by atoms with E-state index in [1.807, 2.05) is 0 Å². The van der Waals surface area contributed by atoms with Crippen LogP contribution in [0.15, 0.2) is 0 Å². The quantitative estimate of drug-likeness (QED) is 0.488. The van der Waals surface area contributed by atoms with Crippen LogP contribution in [0.4, 0.5) is 0 Å². The third kappa shape index (κ3) is 1.70. The van der Waals surface area contributed by atoms with Gasteiger partial charge in [0.1, 0.15) is 0 Å². The molecule has 0 saturated heterocycles. The van der Waals surface area contributed by atoms with Crippen LogP contribution in [0, 0.1) is 0 Å². The first-order valence-corrected chi connectivity index (χ1v) is 2.00. The molecule has 1 rings (SSSR count). The summed E-state index contributed by atoms with van der Waals surface area (Å²) in [6.45, 7) is 0. The van der Waals surface area contributed by atoms with Gasteiger partial charge in [0.25, 0.3) is 0 Å². The largest absolute Gasteiger partial charge is 0.0533 e. The normalized spacial score (nSPS) is 19.2. The van der Waals surface area contributed by atoms with E-state index in [0.29, 0.717) is 0 Å². The predicted molar refractivity (Wildman–Crippen MR) is 18.5 cm³/mol. The van der Waals surface area contributed by atoms with Gasteiger partial charge in [0.05, 0.1) is 0 Å². The van der Waals surface area contributed by atoms with Crippen molar-refractivity contribution in [2.75, 3.05) is 0 Å². The van der Waals surface area contributed by atoms with Gasteiger partial charge in [0, 0.05) is 26.2 Å². The molecule has 1 heteroatoms. The molecule has 0 heterocycles. The van der Waals surface area contributed by atoms with Gasteiger partial charge in [-0.3, -0.25) is 0 Å². The fourth-order valence-corrected chi connectivity index (χ4v) is 0.250. The summed E-state index contributed by atoms with van der Waals surface area (Å²) in [6.07, 6.45) is 6.00. The summed E-state index contributed by atoms with van der Waals surface area (Å²) in [5.74, 6) is 0. The fourth-order valence-electron chi connectivity index (χ4n) is 0.250. The molecule has 0 aromatic heterocycles. The molecule has 0 amide bonds. The summed E-state index contributed by atoms with van der Waals surface area (Å²) < 4.78 is 0. The van der Waals surface area contributed by atoms with Crippen molar-refractivity contribution in [3.8, 4) is 0 Å². The molecule has 0 atom stereocenters. The molecule has 28 valence electrons. The second kappa shape index (κ2) is 3.09. The van der Waals surface area contributed by atoms with Crippen LogP contribution in [-0.4, -0.2) is 0 Å². The Hall–Kier alpha value is 0.883. The van der Waals surface area contributed by atoms with E-state index in [1.165, 1.54) is 25.7 Å². The van der Waals surface area contributed by atoms with Gasteiger partial charge < -0.3 is 0 Å². The van der Waals surface area contributed by atoms with Crippen LogP contribution in [0.1, 0.15) is 25.7 Å². The van der Waals surface area contributed by atoms with E-state index in [2.05, 4.69) is 0 Å². The topological polar surface area (TPSA) is 0 Å². The first-order chi connectivity index (χ1) is 2.00. The zero-order chi connectivity index (χ0) is 2.83. The second-order valence-electron chi connectivity index (χ2n) is 1.41. The van der Waals surface area contributed by atoms with E-state index < -0.39 is 0 Å². The standard InChI is InChI=1S/C4H8.Zr/c1-2-4-3-1;/h1-4H2;. The maximum atomic E-state index is 1.50. The average Bonchev–Trinajstić information content (AvgIpc) is 0.722. The Kier molecular flexibility index (Phi) is 3.63. The molecule has 5 heavy (non-hydrogen) atoms. The summed E-state index contributed by atoms with van der Waals surface area (Å²) in [6, 6.07) is 0. The Morgan fingerprint density at radius 2 is 0.800 bits per heavy atom. The van der Waals surface area contributed by atoms with Crippen molar-refractivity contribution in [1.82, 2.24) is 0 Å². The van der Waals surface area contributed by atoms with Crippen molar-refractivity contribution in [3.05, 3.63) is 0 Å². The van der Waals surface area contributed by atoms with Crippen LogP contribution in [0.5, 0.6) is 0 Å². The first kappa shape index (κ1) is 5.88. The minimum Gasteiger partial charge on any atom is -0.0533 e. The molecule has 0 nitrogen and oxygen atoms in total. The third-order valence-electron chi connectivity index (χ3n) is 1.000. The Morgan fingerprint density at radius 1 is 0.600 bits per heavy atom. The van der Waals surface area contributed by atoms with E-state index >= 15 is 0 Å². The molecule has 0 bridgehead atoms. The van der Waals surface area contributed by atoms with Gasteiger partial charge in [-0.2, -0.15) is 0 Å². The molecule has 0 aliphatic heterocycles. The van der Waals surface area contributed by atoms with Crippen molar-refractivity contribution in [2.24, 2.45) is 0 Å². The summed E-state index contributed by atoms with van der Waals surface area (Å²) in [7, 11) is 0. The molecule has 0 aromatic rings. The van der Waals surface area contributed by atoms with E-state index in [9.17, 15) is 0 Å². The monoisotopic (exact) mass is 146 g/mol. The van der Waals surface area contributed by atoms with Gasteiger partial charge in [-0.1, -0.05) is 25.7 Å². The van der Waals surface area contributed by atoms with Gasteiger partial charge >= 0.3 is 0 Å². The maximum absolute atomic E-state index is 1.50. The minimum absolute atomic E-state index is 0. The van der Waals surface area contributed by atoms with Crippen LogP contribution in [-0.2, 0) is 26.2 Å². The molecule has 0 spiro atoms. The Bertz CT molecular complexity index is 11.6. The van der Waals surface area contributed by atoms with E-state index in [1.54, 1.807) is 0 Å². The SMILES string of the molecule is C1CCC1.[Zr]. The van der Waals surface area contributed by atoms with Crippen molar-refractivity contribution < 1.29 is 26.2 Å². The smallest absolute Gasteiger partial charge is 0 e. The summed E-state index contributed by atoms with van der Waals surface area (Å²) >= 11 is 0. The van der Waals surface area contributed by atoms with Crippen molar-refractivity contribution in [1.29, 1.82) is 0 Å². The van der Waals surface area contributed by atoms with Crippen molar-refractivity contribution in [3.63, 3.8) is 0 Å². The van der Waals surface area contributed by atoms with Crippen LogP contribution < -0.4 is 0 Å². The van der Waals surface area contributed by atoms with Gasteiger partial charge in [-0.15, -0.1) is 0 Å². The molecule has 1 aliphatic carbocycles. The van der Waals surface area contributed by atoms with E-state index in [0.717, 1.165) is 0 Å². The van der Waals surface area contributed by atoms with Crippen LogP contribution in [0.25, 0.3) is 0 Å². The molecule has 0 aromatic carbocycles. The van der Waals surface area contributed by atoms with Crippen molar-refractivity contribution in [2.45, 2.75) is 25.7 Å². The van der Waals surface area contributed by atoms with E-state index in [-0.39, 0.29) is 26.2 Å². The molecule has 1 fully saturated rings. The molecule has 1 saturated carbocycles. The predicted octanol–water partition coefficient (Wildman–Crippen LogP) is 1.56. The molecular weight excluding hydrogens is 139 g/mol. The third-order valence-corrected chi connectivity index (χ3v) is 1.000. The summed E-state index contributed by atoms with van der Waals surface area (Å²) in [5.41, 5.74) is 0. The van der Waals surface area contributed by atoms with E-state index in [4.69, 9.17) is 0 Å². The zero-order valence-electron chi connectivity index (χ0n) is 3.33. The summed E-state index contributed by atoms with van der Waals surface area (Å²) in [5, 5.41) is 0. The van der Waals surface area contributed by atoms with Crippen LogP contribution >= 0.6 is 0 Å². The van der Waals surface area contributed by atoms with Gasteiger partial charge in [-0.05, 0) is 0 Å². The molecule has 1 aliphatic rings. The second-order valence-corrected chi connectivity index (χ2v) is 1.41. The molecule has 0 N–H and O–H groups in total. The summed E-state index contributed by atoms with van der Waals surface area (Å²) in [4.78, 5) is 0. The molecular formula is C4H8Zr. The van der Waals surface area contributed by atoms with Gasteiger partial charge in [0.2, 0.25) is 0 Å². The average molecular weight is 147 g/mol. The zero-order valence-corrected chi connectivity index (χ0v) is 5.79. The molecule has 0 radical (unpaired) electrons. The van der Waals surface area contributed by atoms with Gasteiger partial charge in [0.15, 0.2) is 0 Å².